The highest BCUT2D eigenvalue weighted by Crippen LogP contribution is 2.26. The number of para-hydroxylation sites is 2. The summed E-state index contributed by atoms with van der Waals surface area (Å²) in [6, 6.07) is 14.0. The number of hydrogen-bond acceptors (Lipinski definition) is 4. The molecule has 0 radical (unpaired) electrons. The first-order valence-corrected chi connectivity index (χ1v) is 11.0. The normalized spacial score (nSPS) is 14.7. The second-order valence-corrected chi connectivity index (χ2v) is 8.19. The van der Waals surface area contributed by atoms with E-state index in [0.717, 1.165) is 31.2 Å². The van der Waals surface area contributed by atoms with Crippen LogP contribution in [0.4, 0.5) is 0 Å². The number of carbonyl (C=O) groups excluding carboxylic acids is 2. The van der Waals surface area contributed by atoms with Crippen LogP contribution in [-0.2, 0) is 16.1 Å². The van der Waals surface area contributed by atoms with Gasteiger partial charge in [0.05, 0.1) is 7.11 Å². The second-order valence-electron chi connectivity index (χ2n) is 7.76. The predicted octanol–water partition coefficient (Wildman–Crippen LogP) is 4.20. The summed E-state index contributed by atoms with van der Waals surface area (Å²) < 4.78 is 11.0. The van der Waals surface area contributed by atoms with Crippen molar-refractivity contribution in [3.63, 3.8) is 0 Å². The van der Waals surface area contributed by atoms with Crippen LogP contribution in [0.2, 0.25) is 5.02 Å². The molecule has 2 amide bonds. The van der Waals surface area contributed by atoms with Crippen LogP contribution in [0.3, 0.4) is 0 Å². The molecule has 166 valence electrons. The molecule has 31 heavy (non-hydrogen) atoms. The number of amides is 2. The van der Waals surface area contributed by atoms with Gasteiger partial charge in [0, 0.05) is 17.6 Å². The highest BCUT2D eigenvalue weighted by Gasteiger charge is 2.29. The van der Waals surface area contributed by atoms with Gasteiger partial charge in [0.25, 0.3) is 5.91 Å². The third-order valence-electron chi connectivity index (χ3n) is 5.53. The Morgan fingerprint density at radius 2 is 1.84 bits per heavy atom. The lowest BCUT2D eigenvalue weighted by Gasteiger charge is -2.29. The minimum atomic E-state index is -0.645. The molecule has 2 aromatic carbocycles. The molecule has 0 spiro atoms. The van der Waals surface area contributed by atoms with Crippen LogP contribution in [0.5, 0.6) is 11.5 Å². The predicted molar refractivity (Wildman–Crippen MR) is 120 cm³/mol. The van der Waals surface area contributed by atoms with E-state index >= 15 is 0 Å². The van der Waals surface area contributed by atoms with Gasteiger partial charge in [0.15, 0.2) is 18.1 Å². The van der Waals surface area contributed by atoms with Crippen LogP contribution < -0.4 is 14.8 Å². The zero-order valence-electron chi connectivity index (χ0n) is 18.0. The molecule has 3 rings (SSSR count). The van der Waals surface area contributed by atoms with Crippen molar-refractivity contribution in [2.75, 3.05) is 13.7 Å². The smallest absolute Gasteiger partial charge is 0.261 e. The Balaban J connectivity index is 1.73. The third kappa shape index (κ3) is 6.37. The Morgan fingerprint density at radius 3 is 2.52 bits per heavy atom. The maximum Gasteiger partial charge on any atom is 0.261 e. The van der Waals surface area contributed by atoms with E-state index in [2.05, 4.69) is 5.32 Å². The number of benzene rings is 2. The van der Waals surface area contributed by atoms with E-state index in [9.17, 15) is 9.59 Å². The molecule has 1 fully saturated rings. The molecule has 1 saturated carbocycles. The Labute approximate surface area is 188 Å². The lowest BCUT2D eigenvalue weighted by atomic mass is 10.1. The maximum atomic E-state index is 13.1. The molecule has 0 saturated heterocycles. The topological polar surface area (TPSA) is 67.9 Å². The van der Waals surface area contributed by atoms with Gasteiger partial charge in [-0.2, -0.15) is 0 Å². The van der Waals surface area contributed by atoms with E-state index in [1.54, 1.807) is 38.3 Å². The van der Waals surface area contributed by atoms with Crippen LogP contribution in [0, 0.1) is 0 Å². The van der Waals surface area contributed by atoms with Crippen LogP contribution >= 0.6 is 11.6 Å². The molecule has 0 aliphatic heterocycles. The monoisotopic (exact) mass is 444 g/mol. The average Bonchev–Trinajstić information content (AvgIpc) is 3.28. The molecule has 0 unspecified atom stereocenters. The molecule has 1 aliphatic carbocycles. The molecule has 1 aliphatic rings. The summed E-state index contributed by atoms with van der Waals surface area (Å²) in [5.74, 6) is 0.576. The first-order valence-electron chi connectivity index (χ1n) is 10.6. The number of halogens is 1. The van der Waals surface area contributed by atoms with Crippen LogP contribution in [0.25, 0.3) is 0 Å². The zero-order valence-corrected chi connectivity index (χ0v) is 18.7. The standard InChI is InChI=1S/C24H29ClN2O4/c1-17(24(29)26-20-10-3-4-11-20)27(15-18-8-7-9-19(25)14-18)23(28)16-31-22-13-6-5-12-21(22)30-2/h5-9,12-14,17,20H,3-4,10-11,15-16H2,1-2H3,(H,26,29)/t17-/m1/s1. The number of hydrogen-bond donors (Lipinski definition) is 1. The van der Waals surface area contributed by atoms with E-state index in [1.807, 2.05) is 24.3 Å². The molecule has 0 aromatic heterocycles. The number of nitrogens with one attached hydrogen (secondary N) is 1. The minimum absolute atomic E-state index is 0.153. The largest absolute Gasteiger partial charge is 0.493 e. The Bertz CT molecular complexity index is 899. The summed E-state index contributed by atoms with van der Waals surface area (Å²) in [6.07, 6.45) is 4.21. The van der Waals surface area contributed by atoms with Crippen LogP contribution in [0.1, 0.15) is 38.2 Å². The van der Waals surface area contributed by atoms with Gasteiger partial charge in [0.1, 0.15) is 6.04 Å². The number of methoxy groups -OCH3 is 1. The van der Waals surface area contributed by atoms with Crippen molar-refractivity contribution in [1.82, 2.24) is 10.2 Å². The molecule has 2 aromatic rings. The fourth-order valence-electron chi connectivity index (χ4n) is 3.77. The summed E-state index contributed by atoms with van der Waals surface area (Å²) in [5, 5.41) is 3.67. The fraction of sp³-hybridized carbons (Fsp3) is 0.417. The van der Waals surface area contributed by atoms with E-state index in [-0.39, 0.29) is 31.0 Å². The molecule has 6 nitrogen and oxygen atoms in total. The third-order valence-corrected chi connectivity index (χ3v) is 5.77. The minimum Gasteiger partial charge on any atom is -0.493 e. The van der Waals surface area contributed by atoms with Crippen molar-refractivity contribution in [1.29, 1.82) is 0 Å². The molecular formula is C24H29ClN2O4. The Kier molecular flexibility index (Phi) is 8.18. The lowest BCUT2D eigenvalue weighted by Crippen LogP contribution is -2.50. The van der Waals surface area contributed by atoms with Crippen LogP contribution in [0.15, 0.2) is 48.5 Å². The quantitative estimate of drug-likeness (QED) is 0.629. The van der Waals surface area contributed by atoms with Gasteiger partial charge in [-0.1, -0.05) is 48.7 Å². The summed E-state index contributed by atoms with van der Waals surface area (Å²) >= 11 is 6.12. The molecule has 0 bridgehead atoms. The average molecular weight is 445 g/mol. The summed E-state index contributed by atoms with van der Waals surface area (Å²) in [7, 11) is 1.55. The fourth-order valence-corrected chi connectivity index (χ4v) is 3.98. The number of nitrogens with zero attached hydrogens (tertiary/aromatic N) is 1. The van der Waals surface area contributed by atoms with Crippen LogP contribution in [-0.4, -0.2) is 42.5 Å². The highest BCUT2D eigenvalue weighted by molar-refractivity contribution is 6.30. The van der Waals surface area contributed by atoms with Gasteiger partial charge in [0.2, 0.25) is 5.91 Å². The van der Waals surface area contributed by atoms with Gasteiger partial charge >= 0.3 is 0 Å². The first-order chi connectivity index (χ1) is 15.0. The van der Waals surface area contributed by atoms with E-state index in [4.69, 9.17) is 21.1 Å². The van der Waals surface area contributed by atoms with Crippen molar-refractivity contribution in [2.45, 2.75) is 51.2 Å². The molecule has 0 heterocycles. The summed E-state index contributed by atoms with van der Waals surface area (Å²) in [4.78, 5) is 27.6. The molecule has 7 heteroatoms. The summed E-state index contributed by atoms with van der Waals surface area (Å²) in [6.45, 7) is 1.80. The van der Waals surface area contributed by atoms with Gasteiger partial charge in [-0.25, -0.2) is 0 Å². The van der Waals surface area contributed by atoms with Crippen molar-refractivity contribution in [3.05, 3.63) is 59.1 Å². The maximum absolute atomic E-state index is 13.1. The zero-order chi connectivity index (χ0) is 22.2. The Hall–Kier alpha value is -2.73. The molecular weight excluding hydrogens is 416 g/mol. The van der Waals surface area contributed by atoms with Gasteiger partial charge in [-0.15, -0.1) is 0 Å². The molecule has 1 atom stereocenters. The van der Waals surface area contributed by atoms with Crippen molar-refractivity contribution in [2.24, 2.45) is 0 Å². The van der Waals surface area contributed by atoms with Crippen molar-refractivity contribution < 1.29 is 19.1 Å². The van der Waals surface area contributed by atoms with Crippen molar-refractivity contribution >= 4 is 23.4 Å². The summed E-state index contributed by atoms with van der Waals surface area (Å²) in [5.41, 5.74) is 0.846. The number of carbonyl (C=O) groups is 2. The van der Waals surface area contributed by atoms with E-state index < -0.39 is 6.04 Å². The number of rotatable bonds is 9. The SMILES string of the molecule is COc1ccccc1OCC(=O)N(Cc1cccc(Cl)c1)[C@H](C)C(=O)NC1CCCC1. The van der Waals surface area contributed by atoms with Crippen molar-refractivity contribution in [3.8, 4) is 11.5 Å². The lowest BCUT2D eigenvalue weighted by molar-refractivity contribution is -0.142. The van der Waals surface area contributed by atoms with Gasteiger partial charge in [-0.05, 0) is 49.6 Å². The molecule has 1 N–H and O–H groups in total. The van der Waals surface area contributed by atoms with E-state index in [0.29, 0.717) is 16.5 Å². The van der Waals surface area contributed by atoms with Gasteiger partial charge < -0.3 is 19.7 Å². The highest BCUT2D eigenvalue weighted by atomic mass is 35.5. The first kappa shape index (κ1) is 22.9. The Morgan fingerprint density at radius 1 is 1.13 bits per heavy atom. The van der Waals surface area contributed by atoms with Gasteiger partial charge in [-0.3, -0.25) is 9.59 Å². The second kappa shape index (κ2) is 11.0. The number of ether oxygens (including phenoxy) is 2. The van der Waals surface area contributed by atoms with E-state index in [1.165, 1.54) is 4.90 Å².